The third kappa shape index (κ3) is 0.671. The third-order valence-electron chi connectivity index (χ3n) is 0.719. The van der Waals surface area contributed by atoms with E-state index in [-0.39, 0.29) is 0 Å². The van der Waals surface area contributed by atoms with Crippen LogP contribution >= 0.6 is 12.2 Å². The SMILES string of the molecule is O=Nn1cc[nH]c1=S. The molecule has 0 aliphatic carbocycles. The van der Waals surface area contributed by atoms with Gasteiger partial charge in [0.25, 0.3) is 0 Å². The second kappa shape index (κ2) is 1.87. The Bertz CT molecular complexity index is 237. The Morgan fingerprint density at radius 3 is 2.88 bits per heavy atom. The maximum atomic E-state index is 9.71. The lowest BCUT2D eigenvalue weighted by atomic mass is 11.0. The first-order valence-corrected chi connectivity index (χ1v) is 2.35. The largest absolute Gasteiger partial charge is 0.336 e. The van der Waals surface area contributed by atoms with E-state index >= 15 is 0 Å². The van der Waals surface area contributed by atoms with Gasteiger partial charge < -0.3 is 4.98 Å². The number of nitrogens with zero attached hydrogens (tertiary/aromatic N) is 2. The predicted molar refractivity (Wildman–Crippen MR) is 30.8 cm³/mol. The first kappa shape index (κ1) is 5.17. The zero-order chi connectivity index (χ0) is 5.98. The normalized spacial score (nSPS) is 9.00. The summed E-state index contributed by atoms with van der Waals surface area (Å²) in [7, 11) is 0. The van der Waals surface area contributed by atoms with E-state index in [0.717, 1.165) is 4.68 Å². The van der Waals surface area contributed by atoms with E-state index in [1.165, 1.54) is 6.20 Å². The zero-order valence-corrected chi connectivity index (χ0v) is 4.68. The topological polar surface area (TPSA) is 50.1 Å². The highest BCUT2D eigenvalue weighted by Crippen LogP contribution is 1.86. The molecule has 1 aromatic rings. The van der Waals surface area contributed by atoms with Crippen LogP contribution in [0.4, 0.5) is 0 Å². The Morgan fingerprint density at radius 2 is 2.62 bits per heavy atom. The molecule has 1 heterocycles. The van der Waals surface area contributed by atoms with Crippen molar-refractivity contribution in [3.05, 3.63) is 22.1 Å². The van der Waals surface area contributed by atoms with Crippen molar-refractivity contribution < 1.29 is 0 Å². The highest BCUT2D eigenvalue weighted by molar-refractivity contribution is 7.71. The fraction of sp³-hybridized carbons (Fsp3) is 0. The van der Waals surface area contributed by atoms with Crippen molar-refractivity contribution in [3.8, 4) is 0 Å². The molecule has 1 N–H and O–H groups in total. The minimum absolute atomic E-state index is 0.319. The minimum Gasteiger partial charge on any atom is -0.336 e. The molecule has 0 bridgehead atoms. The number of imidazole rings is 1. The summed E-state index contributed by atoms with van der Waals surface area (Å²) in [5.41, 5.74) is 0. The molecule has 0 amide bonds. The van der Waals surface area contributed by atoms with Gasteiger partial charge in [-0.05, 0) is 12.2 Å². The predicted octanol–water partition coefficient (Wildman–Crippen LogP) is 1.08. The van der Waals surface area contributed by atoms with Crippen LogP contribution in [0.1, 0.15) is 0 Å². The fourth-order valence-electron chi connectivity index (χ4n) is 0.377. The van der Waals surface area contributed by atoms with Gasteiger partial charge in [-0.15, -0.1) is 4.91 Å². The van der Waals surface area contributed by atoms with E-state index < -0.39 is 0 Å². The molecule has 42 valence electrons. The Kier molecular flexibility index (Phi) is 1.21. The van der Waals surface area contributed by atoms with Crippen LogP contribution in [0.15, 0.2) is 17.7 Å². The lowest BCUT2D eigenvalue weighted by Crippen LogP contribution is -1.80. The number of aromatic nitrogens is 2. The van der Waals surface area contributed by atoms with Crippen LogP contribution in [0.3, 0.4) is 0 Å². The van der Waals surface area contributed by atoms with Crippen LogP contribution in [0.5, 0.6) is 0 Å². The number of nitroso groups, excluding NO2 is 1. The van der Waals surface area contributed by atoms with Gasteiger partial charge in [0.05, 0.1) is 11.5 Å². The lowest BCUT2D eigenvalue weighted by molar-refractivity contribution is 0.848. The van der Waals surface area contributed by atoms with Crippen LogP contribution < -0.4 is 0 Å². The van der Waals surface area contributed by atoms with Crippen LogP contribution in [0, 0.1) is 9.68 Å². The second-order valence-corrected chi connectivity index (χ2v) is 1.58. The van der Waals surface area contributed by atoms with Gasteiger partial charge in [0.2, 0.25) is 4.77 Å². The quantitative estimate of drug-likeness (QED) is 0.455. The molecule has 0 atom stereocenters. The lowest BCUT2D eigenvalue weighted by Gasteiger charge is -1.76. The first-order valence-electron chi connectivity index (χ1n) is 1.94. The van der Waals surface area contributed by atoms with Crippen LogP contribution in [0.25, 0.3) is 0 Å². The summed E-state index contributed by atoms with van der Waals surface area (Å²) in [5.74, 6) is 0. The first-order chi connectivity index (χ1) is 3.84. The number of H-pyrrole nitrogens is 1. The molecular weight excluding hydrogens is 126 g/mol. The number of nitrogens with one attached hydrogen (secondary N) is 1. The standard InChI is InChI=1S/C3H3N3OS/c7-5-6-2-1-4-3(6)8/h1-2H,(H,4,8). The maximum Gasteiger partial charge on any atom is 0.200 e. The summed E-state index contributed by atoms with van der Waals surface area (Å²) in [4.78, 5) is 12.3. The molecule has 0 unspecified atom stereocenters. The molecule has 0 fully saturated rings. The molecule has 0 saturated heterocycles. The van der Waals surface area contributed by atoms with E-state index in [2.05, 4.69) is 22.5 Å². The molecule has 0 aliphatic heterocycles. The smallest absolute Gasteiger partial charge is 0.200 e. The highest BCUT2D eigenvalue weighted by atomic mass is 32.1. The molecule has 0 saturated carbocycles. The van der Waals surface area contributed by atoms with E-state index in [1.807, 2.05) is 0 Å². The molecule has 1 aromatic heterocycles. The fourth-order valence-corrected chi connectivity index (χ4v) is 0.540. The van der Waals surface area contributed by atoms with Crippen LogP contribution in [-0.2, 0) is 0 Å². The molecule has 0 aromatic carbocycles. The molecular formula is C3H3N3OS. The molecule has 8 heavy (non-hydrogen) atoms. The van der Waals surface area contributed by atoms with Gasteiger partial charge in [0.15, 0.2) is 0 Å². The van der Waals surface area contributed by atoms with Crippen LogP contribution in [-0.4, -0.2) is 9.66 Å². The van der Waals surface area contributed by atoms with Gasteiger partial charge in [-0.2, -0.15) is 4.68 Å². The zero-order valence-electron chi connectivity index (χ0n) is 3.87. The van der Waals surface area contributed by atoms with Gasteiger partial charge >= 0.3 is 0 Å². The van der Waals surface area contributed by atoms with Gasteiger partial charge in [-0.25, -0.2) is 0 Å². The van der Waals surface area contributed by atoms with Gasteiger partial charge in [0, 0.05) is 6.20 Å². The van der Waals surface area contributed by atoms with Gasteiger partial charge in [-0.3, -0.25) is 0 Å². The molecule has 0 radical (unpaired) electrons. The summed E-state index contributed by atoms with van der Waals surface area (Å²) in [5, 5.41) is 2.56. The summed E-state index contributed by atoms with van der Waals surface area (Å²) >= 11 is 4.60. The average molecular weight is 129 g/mol. The number of hydrogen-bond donors (Lipinski definition) is 1. The Hall–Kier alpha value is -0.970. The third-order valence-corrected chi connectivity index (χ3v) is 1.02. The van der Waals surface area contributed by atoms with Crippen molar-refractivity contribution in [1.82, 2.24) is 9.66 Å². The van der Waals surface area contributed by atoms with Crippen molar-refractivity contribution in [3.63, 3.8) is 0 Å². The van der Waals surface area contributed by atoms with E-state index in [9.17, 15) is 4.91 Å². The van der Waals surface area contributed by atoms with Crippen LogP contribution in [0.2, 0.25) is 0 Å². The second-order valence-electron chi connectivity index (χ2n) is 1.19. The Labute approximate surface area is 50.1 Å². The van der Waals surface area contributed by atoms with E-state index in [4.69, 9.17) is 0 Å². The number of hydrogen-bond acceptors (Lipinski definition) is 3. The van der Waals surface area contributed by atoms with Crippen molar-refractivity contribution >= 4 is 12.2 Å². The van der Waals surface area contributed by atoms with Crippen molar-refractivity contribution in [2.45, 2.75) is 0 Å². The number of aromatic amines is 1. The molecule has 0 spiro atoms. The summed E-state index contributed by atoms with van der Waals surface area (Å²) < 4.78 is 1.36. The van der Waals surface area contributed by atoms with Crippen molar-refractivity contribution in [2.24, 2.45) is 5.29 Å². The Balaban J connectivity index is 3.30. The Morgan fingerprint density at radius 1 is 1.88 bits per heavy atom. The maximum absolute atomic E-state index is 9.71. The number of rotatable bonds is 1. The van der Waals surface area contributed by atoms with E-state index in [1.54, 1.807) is 6.20 Å². The average Bonchev–Trinajstić information content (AvgIpc) is 2.14. The van der Waals surface area contributed by atoms with Gasteiger partial charge in [0.1, 0.15) is 0 Å². The van der Waals surface area contributed by atoms with Crippen molar-refractivity contribution in [2.75, 3.05) is 0 Å². The highest BCUT2D eigenvalue weighted by Gasteiger charge is 1.84. The molecule has 0 aliphatic rings. The molecule has 1 rings (SSSR count). The van der Waals surface area contributed by atoms with E-state index in [0.29, 0.717) is 4.77 Å². The molecule has 5 heteroatoms. The van der Waals surface area contributed by atoms with Crippen molar-refractivity contribution in [1.29, 1.82) is 0 Å². The minimum atomic E-state index is 0.319. The summed E-state index contributed by atoms with van der Waals surface area (Å²) in [6.07, 6.45) is 3.00. The summed E-state index contributed by atoms with van der Waals surface area (Å²) in [6, 6.07) is 0. The molecule has 4 nitrogen and oxygen atoms in total. The monoisotopic (exact) mass is 129 g/mol. The van der Waals surface area contributed by atoms with Gasteiger partial charge in [-0.1, -0.05) is 0 Å². The summed E-state index contributed by atoms with van der Waals surface area (Å²) in [6.45, 7) is 0.